The number of thiophene rings is 1. The highest BCUT2D eigenvalue weighted by Crippen LogP contribution is 2.28. The van der Waals surface area contributed by atoms with Gasteiger partial charge in [-0.1, -0.05) is 17.7 Å². The molecule has 2 aromatic heterocycles. The summed E-state index contributed by atoms with van der Waals surface area (Å²) in [7, 11) is 1.57. The van der Waals surface area contributed by atoms with Crippen molar-refractivity contribution in [2.45, 2.75) is 6.42 Å². The third-order valence-corrected chi connectivity index (χ3v) is 4.56. The van der Waals surface area contributed by atoms with Crippen molar-refractivity contribution in [2.24, 2.45) is 0 Å². The molecule has 0 radical (unpaired) electrons. The topological polar surface area (TPSA) is 63.2 Å². The van der Waals surface area contributed by atoms with E-state index in [1.807, 2.05) is 29.6 Å². The molecule has 128 valence electrons. The van der Waals surface area contributed by atoms with E-state index in [9.17, 15) is 4.79 Å². The predicted octanol–water partition coefficient (Wildman–Crippen LogP) is 4.73. The van der Waals surface area contributed by atoms with E-state index >= 15 is 0 Å². The maximum absolute atomic E-state index is 12.0. The maximum Gasteiger partial charge on any atom is 0.230 e. The second-order valence-electron chi connectivity index (χ2n) is 5.21. The number of anilines is 3. The van der Waals surface area contributed by atoms with Crippen LogP contribution in [0.4, 0.5) is 17.2 Å². The van der Waals surface area contributed by atoms with Crippen molar-refractivity contribution in [2.75, 3.05) is 17.7 Å². The summed E-state index contributed by atoms with van der Waals surface area (Å²) < 4.78 is 5.13. The van der Waals surface area contributed by atoms with E-state index in [1.165, 1.54) is 0 Å². The number of carbonyl (C=O) groups excluding carboxylic acids is 1. The number of nitrogens with one attached hydrogen (secondary N) is 2. The Morgan fingerprint density at radius 2 is 2.08 bits per heavy atom. The number of nitrogens with zero attached hydrogens (tertiary/aromatic N) is 1. The molecular formula is C18H16ClN3O2S. The second-order valence-corrected chi connectivity index (χ2v) is 6.65. The first-order valence-corrected chi connectivity index (χ1v) is 8.78. The minimum absolute atomic E-state index is 0.0856. The SMILES string of the molecule is COc1ccc(Nc2ccc(NC(=O)Cc3cccs3)nc2)cc1Cl. The number of benzene rings is 1. The molecule has 0 atom stereocenters. The fourth-order valence-electron chi connectivity index (χ4n) is 2.21. The Balaban J connectivity index is 1.60. The lowest BCUT2D eigenvalue weighted by Gasteiger charge is -2.09. The zero-order chi connectivity index (χ0) is 17.6. The Kier molecular flexibility index (Phi) is 5.53. The first-order chi connectivity index (χ1) is 12.1. The van der Waals surface area contributed by atoms with Crippen molar-refractivity contribution in [1.82, 2.24) is 4.98 Å². The molecule has 1 amide bonds. The number of carbonyl (C=O) groups is 1. The zero-order valence-electron chi connectivity index (χ0n) is 13.5. The summed E-state index contributed by atoms with van der Waals surface area (Å²) in [4.78, 5) is 17.2. The molecule has 3 rings (SSSR count). The van der Waals surface area contributed by atoms with Crippen molar-refractivity contribution in [3.05, 3.63) is 63.9 Å². The number of halogens is 1. The quantitative estimate of drug-likeness (QED) is 0.655. The van der Waals surface area contributed by atoms with Gasteiger partial charge < -0.3 is 15.4 Å². The normalized spacial score (nSPS) is 10.3. The first kappa shape index (κ1) is 17.3. The highest BCUT2D eigenvalue weighted by Gasteiger charge is 2.06. The molecule has 5 nitrogen and oxygen atoms in total. The molecule has 0 spiro atoms. The average molecular weight is 374 g/mol. The van der Waals surface area contributed by atoms with E-state index in [4.69, 9.17) is 16.3 Å². The molecule has 0 unspecified atom stereocenters. The Bertz CT molecular complexity index is 851. The number of hydrogen-bond acceptors (Lipinski definition) is 5. The summed E-state index contributed by atoms with van der Waals surface area (Å²) in [5.41, 5.74) is 1.61. The number of ether oxygens (including phenoxy) is 1. The van der Waals surface area contributed by atoms with Gasteiger partial charge in [0.1, 0.15) is 11.6 Å². The number of aromatic nitrogens is 1. The van der Waals surface area contributed by atoms with Crippen molar-refractivity contribution >= 4 is 46.0 Å². The number of amides is 1. The van der Waals surface area contributed by atoms with Gasteiger partial charge in [0, 0.05) is 10.6 Å². The number of pyridine rings is 1. The third kappa shape index (κ3) is 4.71. The summed E-state index contributed by atoms with van der Waals surface area (Å²) in [6.07, 6.45) is 2.00. The van der Waals surface area contributed by atoms with E-state index in [2.05, 4.69) is 15.6 Å². The molecule has 7 heteroatoms. The standard InChI is InChI=1S/C18H16ClN3O2S/c1-24-16-6-4-12(9-15(16)19)21-13-5-7-17(20-11-13)22-18(23)10-14-3-2-8-25-14/h2-9,11,21H,10H2,1H3,(H,20,22,23). The molecular weight excluding hydrogens is 358 g/mol. The molecule has 3 aromatic rings. The molecule has 2 heterocycles. The van der Waals surface area contributed by atoms with Crippen molar-refractivity contribution < 1.29 is 9.53 Å². The van der Waals surface area contributed by atoms with Gasteiger partial charge in [-0.3, -0.25) is 4.79 Å². The van der Waals surface area contributed by atoms with Gasteiger partial charge in [-0.2, -0.15) is 0 Å². The van der Waals surface area contributed by atoms with Gasteiger partial charge >= 0.3 is 0 Å². The number of hydrogen-bond donors (Lipinski definition) is 2. The van der Waals surface area contributed by atoms with Crippen LogP contribution in [-0.2, 0) is 11.2 Å². The molecule has 0 bridgehead atoms. The van der Waals surface area contributed by atoms with E-state index in [0.717, 1.165) is 16.3 Å². The molecule has 1 aromatic carbocycles. The van der Waals surface area contributed by atoms with E-state index in [0.29, 0.717) is 23.0 Å². The van der Waals surface area contributed by atoms with Crippen LogP contribution in [0.3, 0.4) is 0 Å². The van der Waals surface area contributed by atoms with Gasteiger partial charge in [-0.25, -0.2) is 4.98 Å². The van der Waals surface area contributed by atoms with Gasteiger partial charge in [-0.05, 0) is 41.8 Å². The molecule has 0 saturated carbocycles. The molecule has 0 aliphatic heterocycles. The van der Waals surface area contributed by atoms with Crippen LogP contribution >= 0.6 is 22.9 Å². The van der Waals surface area contributed by atoms with Gasteiger partial charge in [0.2, 0.25) is 5.91 Å². The second kappa shape index (κ2) is 8.00. The van der Waals surface area contributed by atoms with E-state index in [1.54, 1.807) is 42.8 Å². The molecule has 0 saturated heterocycles. The van der Waals surface area contributed by atoms with E-state index in [-0.39, 0.29) is 5.91 Å². The Labute approximate surface area is 154 Å². The molecule has 0 aliphatic carbocycles. The summed E-state index contributed by atoms with van der Waals surface area (Å²) in [5, 5.41) is 8.46. The Morgan fingerprint density at radius 1 is 1.24 bits per heavy atom. The lowest BCUT2D eigenvalue weighted by atomic mass is 10.3. The van der Waals surface area contributed by atoms with Crippen LogP contribution in [0.5, 0.6) is 5.75 Å². The number of rotatable bonds is 6. The predicted molar refractivity (Wildman–Crippen MR) is 102 cm³/mol. The van der Waals surface area contributed by atoms with Crippen LogP contribution in [0.2, 0.25) is 5.02 Å². The Morgan fingerprint density at radius 3 is 2.72 bits per heavy atom. The van der Waals surface area contributed by atoms with Crippen LogP contribution in [-0.4, -0.2) is 18.0 Å². The fourth-order valence-corrected chi connectivity index (χ4v) is 3.17. The van der Waals surface area contributed by atoms with Crippen molar-refractivity contribution in [1.29, 1.82) is 0 Å². The largest absolute Gasteiger partial charge is 0.495 e. The van der Waals surface area contributed by atoms with Gasteiger partial charge in [0.25, 0.3) is 0 Å². The van der Waals surface area contributed by atoms with Crippen LogP contribution in [0.15, 0.2) is 54.0 Å². The van der Waals surface area contributed by atoms with Crippen LogP contribution < -0.4 is 15.4 Å². The van der Waals surface area contributed by atoms with Crippen molar-refractivity contribution in [3.63, 3.8) is 0 Å². The molecule has 0 aliphatic rings. The molecule has 2 N–H and O–H groups in total. The number of methoxy groups -OCH3 is 1. The molecule has 25 heavy (non-hydrogen) atoms. The fraction of sp³-hybridized carbons (Fsp3) is 0.111. The maximum atomic E-state index is 12.0. The summed E-state index contributed by atoms with van der Waals surface area (Å²) in [6, 6.07) is 12.9. The van der Waals surface area contributed by atoms with E-state index < -0.39 is 0 Å². The first-order valence-electron chi connectivity index (χ1n) is 7.53. The lowest BCUT2D eigenvalue weighted by molar-refractivity contribution is -0.115. The minimum atomic E-state index is -0.0856. The monoisotopic (exact) mass is 373 g/mol. The summed E-state index contributed by atoms with van der Waals surface area (Å²) >= 11 is 7.67. The van der Waals surface area contributed by atoms with Crippen LogP contribution in [0.1, 0.15) is 4.88 Å². The summed E-state index contributed by atoms with van der Waals surface area (Å²) in [6.45, 7) is 0. The van der Waals surface area contributed by atoms with Crippen LogP contribution in [0.25, 0.3) is 0 Å². The highest BCUT2D eigenvalue weighted by atomic mass is 35.5. The van der Waals surface area contributed by atoms with Gasteiger partial charge in [0.15, 0.2) is 0 Å². The van der Waals surface area contributed by atoms with Gasteiger partial charge in [0.05, 0.1) is 30.4 Å². The zero-order valence-corrected chi connectivity index (χ0v) is 15.0. The molecule has 0 fully saturated rings. The third-order valence-electron chi connectivity index (χ3n) is 3.39. The lowest BCUT2D eigenvalue weighted by Crippen LogP contribution is -2.14. The smallest absolute Gasteiger partial charge is 0.230 e. The average Bonchev–Trinajstić information content (AvgIpc) is 3.10. The summed E-state index contributed by atoms with van der Waals surface area (Å²) in [5.74, 6) is 1.05. The van der Waals surface area contributed by atoms with Crippen LogP contribution in [0, 0.1) is 0 Å². The van der Waals surface area contributed by atoms with Gasteiger partial charge in [-0.15, -0.1) is 11.3 Å². The van der Waals surface area contributed by atoms with Crippen molar-refractivity contribution in [3.8, 4) is 5.75 Å². The minimum Gasteiger partial charge on any atom is -0.495 e. The highest BCUT2D eigenvalue weighted by molar-refractivity contribution is 7.10. The Hall–Kier alpha value is -2.57.